The number of carbonyl (C=O) groups excluding carboxylic acids is 2. The lowest BCUT2D eigenvalue weighted by Crippen LogP contribution is -2.68. The summed E-state index contributed by atoms with van der Waals surface area (Å²) in [7, 11) is -0.324. The third-order valence-electron chi connectivity index (χ3n) is 10.4. The number of nitrogens with one attached hydrogen (secondary N) is 1. The molecule has 2 bridgehead atoms. The molecular weight excluding hydrogens is 456 g/mol. The number of amides is 2. The number of likely N-dealkylation sites (N-methyl/N-ethyl adjacent to an activating group) is 1. The van der Waals surface area contributed by atoms with Gasteiger partial charge in [0.05, 0.1) is 12.0 Å². The summed E-state index contributed by atoms with van der Waals surface area (Å²) < 4.78 is 13.3. The Hall–Kier alpha value is -2.12. The van der Waals surface area contributed by atoms with Crippen molar-refractivity contribution >= 4 is 26.0 Å². The third-order valence-corrected chi connectivity index (χ3v) is 14.9. The van der Waals surface area contributed by atoms with Gasteiger partial charge in [-0.15, -0.1) is 6.58 Å². The maximum absolute atomic E-state index is 13.7. The second-order valence-electron chi connectivity index (χ2n) is 13.3. The predicted molar refractivity (Wildman–Crippen MR) is 140 cm³/mol. The van der Waals surface area contributed by atoms with Gasteiger partial charge in [0.1, 0.15) is 11.6 Å². The van der Waals surface area contributed by atoms with Gasteiger partial charge in [0.15, 0.2) is 8.32 Å². The van der Waals surface area contributed by atoms with Crippen LogP contribution in [0.2, 0.25) is 18.1 Å². The first-order valence-electron chi connectivity index (χ1n) is 12.8. The molecule has 2 fully saturated rings. The summed E-state index contributed by atoms with van der Waals surface area (Å²) in [6, 6.07) is 6.08. The predicted octanol–water partition coefficient (Wildman–Crippen LogP) is 5.69. The SMILES string of the molecule is C=CC1(C)C(O[Si](C)(C)C(C)(C)C)CC2C3OC(=O)NC31c1cccc3c1[C@H](C(=O)N3C)C2(C)C. The average molecular weight is 497 g/mol. The number of carbonyl (C=O) groups is 2. The van der Waals surface area contributed by atoms with Crippen molar-refractivity contribution in [1.82, 2.24) is 5.32 Å². The van der Waals surface area contributed by atoms with Gasteiger partial charge >= 0.3 is 6.09 Å². The monoisotopic (exact) mass is 496 g/mol. The van der Waals surface area contributed by atoms with Crippen LogP contribution < -0.4 is 10.2 Å². The molecule has 2 aliphatic heterocycles. The lowest BCUT2D eigenvalue weighted by atomic mass is 9.52. The lowest BCUT2D eigenvalue weighted by Gasteiger charge is -2.59. The van der Waals surface area contributed by atoms with Crippen molar-refractivity contribution in [1.29, 1.82) is 0 Å². The standard InChI is InChI=1S/C28H40N2O4Si/c1-11-27(7)19(34-35(9,10)25(2,3)4)15-17-22-28(27,29-24(32)33-22)16-13-12-14-18-20(16)21(26(17,5)6)23(31)30(18)8/h11-14,17,19,21-22H,1,15H2,2-10H3,(H,29,32)/t17?,19?,21-,22?,27?,28?/m1/s1. The maximum atomic E-state index is 13.7. The van der Waals surface area contributed by atoms with E-state index in [1.54, 1.807) is 4.90 Å². The van der Waals surface area contributed by atoms with E-state index in [4.69, 9.17) is 9.16 Å². The molecule has 190 valence electrons. The zero-order chi connectivity index (χ0) is 25.9. The Morgan fingerprint density at radius 3 is 2.49 bits per heavy atom. The number of alkyl carbamates (subject to hydrolysis) is 1. The number of hydrogen-bond donors (Lipinski definition) is 1. The summed E-state index contributed by atoms with van der Waals surface area (Å²) in [4.78, 5) is 28.6. The van der Waals surface area contributed by atoms with Gasteiger partial charge in [-0.2, -0.15) is 0 Å². The van der Waals surface area contributed by atoms with Crippen molar-refractivity contribution in [2.75, 3.05) is 11.9 Å². The number of hydrogen-bond acceptors (Lipinski definition) is 4. The maximum Gasteiger partial charge on any atom is 0.408 e. The van der Waals surface area contributed by atoms with E-state index in [2.05, 4.69) is 72.6 Å². The van der Waals surface area contributed by atoms with E-state index in [0.29, 0.717) is 6.42 Å². The van der Waals surface area contributed by atoms with E-state index >= 15 is 0 Å². The quantitative estimate of drug-likeness (QED) is 0.431. The van der Waals surface area contributed by atoms with Crippen LogP contribution in [0.5, 0.6) is 0 Å². The average Bonchev–Trinajstić information content (AvgIpc) is 3.22. The zero-order valence-corrected chi connectivity index (χ0v) is 23.6. The molecule has 0 aromatic heterocycles. The molecular formula is C28H40N2O4Si. The minimum atomic E-state index is -2.18. The highest BCUT2D eigenvalue weighted by Crippen LogP contribution is 2.68. The molecule has 2 aliphatic carbocycles. The van der Waals surface area contributed by atoms with Gasteiger partial charge in [-0.3, -0.25) is 4.79 Å². The van der Waals surface area contributed by atoms with Crippen molar-refractivity contribution in [3.8, 4) is 0 Å². The summed E-state index contributed by atoms with van der Waals surface area (Å²) >= 11 is 0. The molecule has 1 aromatic rings. The topological polar surface area (TPSA) is 67.9 Å². The Morgan fingerprint density at radius 1 is 1.23 bits per heavy atom. The highest BCUT2D eigenvalue weighted by molar-refractivity contribution is 6.74. The van der Waals surface area contributed by atoms with Gasteiger partial charge in [-0.25, -0.2) is 4.79 Å². The highest BCUT2D eigenvalue weighted by atomic mass is 28.4. The second kappa shape index (κ2) is 7.00. The van der Waals surface area contributed by atoms with Crippen LogP contribution in [0.25, 0.3) is 0 Å². The molecule has 1 saturated heterocycles. The van der Waals surface area contributed by atoms with E-state index in [-0.39, 0.29) is 28.9 Å². The molecule has 6 atom stereocenters. The van der Waals surface area contributed by atoms with Gasteiger partial charge < -0.3 is 19.4 Å². The van der Waals surface area contributed by atoms with Crippen molar-refractivity contribution in [3.63, 3.8) is 0 Å². The lowest BCUT2D eigenvalue weighted by molar-refractivity contribution is -0.136. The number of rotatable bonds is 3. The Kier molecular flexibility index (Phi) is 4.92. The molecule has 6 nitrogen and oxygen atoms in total. The van der Waals surface area contributed by atoms with E-state index in [1.165, 1.54) is 0 Å². The summed E-state index contributed by atoms with van der Waals surface area (Å²) in [5.41, 5.74) is 0.911. The first-order chi connectivity index (χ1) is 16.0. The van der Waals surface area contributed by atoms with Gasteiger partial charge in [0.25, 0.3) is 0 Å². The first-order valence-corrected chi connectivity index (χ1v) is 15.7. The van der Waals surface area contributed by atoms with Crippen molar-refractivity contribution in [3.05, 3.63) is 42.0 Å². The smallest absolute Gasteiger partial charge is 0.408 e. The molecule has 2 heterocycles. The van der Waals surface area contributed by atoms with Crippen LogP contribution in [0.4, 0.5) is 10.5 Å². The van der Waals surface area contributed by atoms with Crippen LogP contribution in [0, 0.1) is 16.7 Å². The minimum Gasteiger partial charge on any atom is -0.443 e. The van der Waals surface area contributed by atoms with Crippen LogP contribution >= 0.6 is 0 Å². The molecule has 1 saturated carbocycles. The number of ether oxygens (including phenoxy) is 1. The van der Waals surface area contributed by atoms with Crippen molar-refractivity contribution in [2.24, 2.45) is 16.7 Å². The Morgan fingerprint density at radius 2 is 1.89 bits per heavy atom. The summed E-state index contributed by atoms with van der Waals surface area (Å²) in [5.74, 6) is -0.287. The molecule has 7 heteroatoms. The Balaban J connectivity index is 1.83. The van der Waals surface area contributed by atoms with Crippen molar-refractivity contribution in [2.45, 2.75) is 89.8 Å². The van der Waals surface area contributed by atoms with Crippen molar-refractivity contribution < 1.29 is 18.8 Å². The fourth-order valence-corrected chi connectivity index (χ4v) is 8.58. The zero-order valence-electron chi connectivity index (χ0n) is 22.6. The molecule has 5 unspecified atom stereocenters. The number of benzene rings is 1. The minimum absolute atomic E-state index is 0.0252. The molecule has 1 aromatic carbocycles. The normalized spacial score (nSPS) is 37.2. The van der Waals surface area contributed by atoms with Crippen LogP contribution in [0.15, 0.2) is 30.9 Å². The van der Waals surface area contributed by atoms with Gasteiger partial charge in [0, 0.05) is 24.1 Å². The third kappa shape index (κ3) is 2.80. The largest absolute Gasteiger partial charge is 0.443 e. The van der Waals surface area contributed by atoms with E-state index in [1.807, 2.05) is 25.3 Å². The van der Waals surface area contributed by atoms with Crippen LogP contribution in [-0.2, 0) is 19.5 Å². The highest BCUT2D eigenvalue weighted by Gasteiger charge is 2.74. The Labute approximate surface area is 210 Å². The molecule has 0 spiro atoms. The van der Waals surface area contributed by atoms with E-state index in [0.717, 1.165) is 16.8 Å². The van der Waals surface area contributed by atoms with E-state index < -0.39 is 36.9 Å². The fourth-order valence-electron chi connectivity index (χ4n) is 7.18. The first kappa shape index (κ1) is 24.6. The molecule has 1 N–H and O–H groups in total. The van der Waals surface area contributed by atoms with Gasteiger partial charge in [0.2, 0.25) is 5.91 Å². The molecule has 5 rings (SSSR count). The molecule has 2 amide bonds. The summed E-state index contributed by atoms with van der Waals surface area (Å²) in [6.45, 7) is 22.1. The fraction of sp³-hybridized carbons (Fsp3) is 0.643. The summed E-state index contributed by atoms with van der Waals surface area (Å²) in [5, 5.41) is 3.33. The Bertz CT molecular complexity index is 1140. The second-order valence-corrected chi connectivity index (χ2v) is 18.1. The molecule has 35 heavy (non-hydrogen) atoms. The van der Waals surface area contributed by atoms with Crippen LogP contribution in [0.3, 0.4) is 0 Å². The number of anilines is 1. The van der Waals surface area contributed by atoms with Gasteiger partial charge in [-0.05, 0) is 47.2 Å². The van der Waals surface area contributed by atoms with Gasteiger partial charge in [-0.1, -0.05) is 59.8 Å². The summed E-state index contributed by atoms with van der Waals surface area (Å²) in [6.07, 6.45) is 1.63. The molecule has 4 aliphatic rings. The van der Waals surface area contributed by atoms with Crippen LogP contribution in [0.1, 0.15) is 65.0 Å². The van der Waals surface area contributed by atoms with Crippen LogP contribution in [-0.4, -0.2) is 39.6 Å². The number of nitrogens with zero attached hydrogens (tertiary/aromatic N) is 1. The molecule has 0 radical (unpaired) electrons. The van der Waals surface area contributed by atoms with E-state index in [9.17, 15) is 9.59 Å².